The molecule has 2 aromatic rings. The molecule has 0 atom stereocenters. The van der Waals surface area contributed by atoms with Gasteiger partial charge < -0.3 is 10.1 Å². The quantitative estimate of drug-likeness (QED) is 0.823. The molecule has 0 saturated heterocycles. The molecule has 0 radical (unpaired) electrons. The smallest absolute Gasteiger partial charge is 0.251 e. The normalized spacial score (nSPS) is 10.4. The SMILES string of the molecule is COc1ccc(C(=O)NCCCc2ccc(C)cc2C)cc1F. The number of benzene rings is 2. The fourth-order valence-electron chi connectivity index (χ4n) is 2.52. The van der Waals surface area contributed by atoms with Gasteiger partial charge in [-0.05, 0) is 56.0 Å². The van der Waals surface area contributed by atoms with E-state index in [-0.39, 0.29) is 11.7 Å². The molecule has 1 amide bonds. The second-order valence-electron chi connectivity index (χ2n) is 5.64. The number of carbonyl (C=O) groups is 1. The second-order valence-corrected chi connectivity index (χ2v) is 5.64. The van der Waals surface area contributed by atoms with Crippen molar-refractivity contribution >= 4 is 5.91 Å². The van der Waals surface area contributed by atoms with Crippen molar-refractivity contribution in [1.29, 1.82) is 0 Å². The highest BCUT2D eigenvalue weighted by Gasteiger charge is 2.09. The Morgan fingerprint density at radius 1 is 1.17 bits per heavy atom. The Balaban J connectivity index is 1.84. The fraction of sp³-hybridized carbons (Fsp3) is 0.316. The Bertz CT molecular complexity index is 698. The van der Waals surface area contributed by atoms with Crippen molar-refractivity contribution in [1.82, 2.24) is 5.32 Å². The number of rotatable bonds is 6. The van der Waals surface area contributed by atoms with Crippen LogP contribution in [-0.2, 0) is 6.42 Å². The minimum absolute atomic E-state index is 0.136. The van der Waals surface area contributed by atoms with Crippen LogP contribution in [0.15, 0.2) is 36.4 Å². The third-order valence-electron chi connectivity index (χ3n) is 3.82. The number of nitrogens with one attached hydrogen (secondary N) is 1. The molecule has 0 heterocycles. The number of hydrogen-bond donors (Lipinski definition) is 1. The first-order valence-corrected chi connectivity index (χ1v) is 7.69. The van der Waals surface area contributed by atoms with Crippen molar-refractivity contribution < 1.29 is 13.9 Å². The fourth-order valence-corrected chi connectivity index (χ4v) is 2.52. The van der Waals surface area contributed by atoms with E-state index in [4.69, 9.17) is 4.74 Å². The third-order valence-corrected chi connectivity index (χ3v) is 3.82. The van der Waals surface area contributed by atoms with E-state index >= 15 is 0 Å². The van der Waals surface area contributed by atoms with Gasteiger partial charge in [0.2, 0.25) is 0 Å². The Labute approximate surface area is 136 Å². The minimum Gasteiger partial charge on any atom is -0.494 e. The zero-order valence-corrected chi connectivity index (χ0v) is 13.8. The van der Waals surface area contributed by atoms with Crippen LogP contribution < -0.4 is 10.1 Å². The molecular formula is C19H22FNO2. The molecular weight excluding hydrogens is 293 g/mol. The van der Waals surface area contributed by atoms with E-state index in [0.717, 1.165) is 12.8 Å². The van der Waals surface area contributed by atoms with Crippen LogP contribution in [0.1, 0.15) is 33.5 Å². The molecule has 2 rings (SSSR count). The van der Waals surface area contributed by atoms with E-state index in [0.29, 0.717) is 12.1 Å². The van der Waals surface area contributed by atoms with Crippen LogP contribution in [0.5, 0.6) is 5.75 Å². The van der Waals surface area contributed by atoms with Crippen molar-refractivity contribution in [2.75, 3.05) is 13.7 Å². The summed E-state index contributed by atoms with van der Waals surface area (Å²) in [6.07, 6.45) is 1.75. The maximum atomic E-state index is 13.6. The number of ether oxygens (including phenoxy) is 1. The highest BCUT2D eigenvalue weighted by Crippen LogP contribution is 2.17. The Kier molecular flexibility index (Phi) is 5.74. The van der Waals surface area contributed by atoms with Crippen molar-refractivity contribution in [3.8, 4) is 5.75 Å². The molecule has 0 spiro atoms. The lowest BCUT2D eigenvalue weighted by molar-refractivity contribution is 0.0952. The zero-order valence-electron chi connectivity index (χ0n) is 13.8. The summed E-state index contributed by atoms with van der Waals surface area (Å²) in [7, 11) is 1.39. The monoisotopic (exact) mass is 315 g/mol. The van der Waals surface area contributed by atoms with Gasteiger partial charge in [-0.25, -0.2) is 4.39 Å². The predicted octanol–water partition coefficient (Wildman–Crippen LogP) is 3.81. The summed E-state index contributed by atoms with van der Waals surface area (Å²) < 4.78 is 18.4. The summed E-state index contributed by atoms with van der Waals surface area (Å²) in [4.78, 5) is 12.0. The third kappa shape index (κ3) is 4.55. The van der Waals surface area contributed by atoms with E-state index in [9.17, 15) is 9.18 Å². The number of amides is 1. The molecule has 0 aliphatic rings. The van der Waals surface area contributed by atoms with Crippen LogP contribution in [0.2, 0.25) is 0 Å². The van der Waals surface area contributed by atoms with E-state index in [2.05, 4.69) is 37.4 Å². The van der Waals surface area contributed by atoms with Crippen LogP contribution in [0, 0.1) is 19.7 Å². The minimum atomic E-state index is -0.532. The zero-order chi connectivity index (χ0) is 16.8. The second kappa shape index (κ2) is 7.77. The maximum Gasteiger partial charge on any atom is 0.251 e. The van der Waals surface area contributed by atoms with Crippen LogP contribution in [0.4, 0.5) is 4.39 Å². The molecule has 0 aliphatic heterocycles. The topological polar surface area (TPSA) is 38.3 Å². The van der Waals surface area contributed by atoms with Gasteiger partial charge in [-0.3, -0.25) is 4.79 Å². The molecule has 1 N–H and O–H groups in total. The van der Waals surface area contributed by atoms with E-state index in [1.54, 1.807) is 6.07 Å². The molecule has 0 aromatic heterocycles. The summed E-state index contributed by atoms with van der Waals surface area (Å²) in [6, 6.07) is 10.6. The molecule has 0 bridgehead atoms. The first kappa shape index (κ1) is 17.0. The van der Waals surface area contributed by atoms with Crippen molar-refractivity contribution in [2.45, 2.75) is 26.7 Å². The summed E-state index contributed by atoms with van der Waals surface area (Å²) in [5.74, 6) is -0.668. The lowest BCUT2D eigenvalue weighted by Gasteiger charge is -2.09. The van der Waals surface area contributed by atoms with Crippen molar-refractivity contribution in [2.24, 2.45) is 0 Å². The molecule has 0 aliphatic carbocycles. The summed E-state index contributed by atoms with van der Waals surface area (Å²) in [6.45, 7) is 4.73. The average molecular weight is 315 g/mol. The number of aryl methyl sites for hydroxylation is 3. The van der Waals surface area contributed by atoms with E-state index in [1.807, 2.05) is 0 Å². The van der Waals surface area contributed by atoms with Gasteiger partial charge in [0, 0.05) is 12.1 Å². The Morgan fingerprint density at radius 3 is 2.61 bits per heavy atom. The summed E-state index contributed by atoms with van der Waals surface area (Å²) in [5, 5.41) is 2.82. The molecule has 2 aromatic carbocycles. The standard InChI is InChI=1S/C19H22FNO2/c1-13-6-7-15(14(2)11-13)5-4-10-21-19(22)16-8-9-18(23-3)17(20)12-16/h6-9,11-12H,4-5,10H2,1-3H3,(H,21,22). The molecule has 23 heavy (non-hydrogen) atoms. The molecule has 4 heteroatoms. The lowest BCUT2D eigenvalue weighted by atomic mass is 10.0. The van der Waals surface area contributed by atoms with Gasteiger partial charge in [0.25, 0.3) is 5.91 Å². The van der Waals surface area contributed by atoms with Crippen LogP contribution in [0.3, 0.4) is 0 Å². The lowest BCUT2D eigenvalue weighted by Crippen LogP contribution is -2.24. The number of halogens is 1. The van der Waals surface area contributed by atoms with E-state index in [1.165, 1.54) is 35.9 Å². The molecule has 0 saturated carbocycles. The highest BCUT2D eigenvalue weighted by atomic mass is 19.1. The largest absolute Gasteiger partial charge is 0.494 e. The first-order valence-electron chi connectivity index (χ1n) is 7.69. The number of carbonyl (C=O) groups excluding carboxylic acids is 1. The van der Waals surface area contributed by atoms with Gasteiger partial charge >= 0.3 is 0 Å². The summed E-state index contributed by atoms with van der Waals surface area (Å²) >= 11 is 0. The van der Waals surface area contributed by atoms with Crippen LogP contribution in [0.25, 0.3) is 0 Å². The molecule has 122 valence electrons. The number of methoxy groups -OCH3 is 1. The Hall–Kier alpha value is -2.36. The first-order chi connectivity index (χ1) is 11.0. The maximum absolute atomic E-state index is 13.6. The Morgan fingerprint density at radius 2 is 1.96 bits per heavy atom. The number of hydrogen-bond acceptors (Lipinski definition) is 2. The van der Waals surface area contributed by atoms with Gasteiger partial charge in [0.1, 0.15) is 0 Å². The highest BCUT2D eigenvalue weighted by molar-refractivity contribution is 5.94. The molecule has 0 fully saturated rings. The van der Waals surface area contributed by atoms with E-state index < -0.39 is 5.82 Å². The molecule has 3 nitrogen and oxygen atoms in total. The predicted molar refractivity (Wildman–Crippen MR) is 89.5 cm³/mol. The van der Waals surface area contributed by atoms with Gasteiger partial charge in [0.05, 0.1) is 7.11 Å². The van der Waals surface area contributed by atoms with Gasteiger partial charge in [0.15, 0.2) is 11.6 Å². The molecule has 0 unspecified atom stereocenters. The van der Waals surface area contributed by atoms with Crippen LogP contribution in [-0.4, -0.2) is 19.6 Å². The van der Waals surface area contributed by atoms with Gasteiger partial charge in [-0.2, -0.15) is 0 Å². The van der Waals surface area contributed by atoms with Gasteiger partial charge in [-0.15, -0.1) is 0 Å². The van der Waals surface area contributed by atoms with Crippen LogP contribution >= 0.6 is 0 Å². The average Bonchev–Trinajstić information content (AvgIpc) is 2.52. The van der Waals surface area contributed by atoms with Crippen molar-refractivity contribution in [3.63, 3.8) is 0 Å². The summed E-state index contributed by atoms with van der Waals surface area (Å²) in [5.41, 5.74) is 4.12. The van der Waals surface area contributed by atoms with Crippen molar-refractivity contribution in [3.05, 3.63) is 64.5 Å². The van der Waals surface area contributed by atoms with Gasteiger partial charge in [-0.1, -0.05) is 23.8 Å².